The SMILES string of the molecule is C=C(C[N+](=O)[O-])C(=O)Nc1cc(SSc2ccc(OC(C)=O)c(C(=O)NCCO[N+](=O)[O-])c2)ccc1OC(C)=O. The number of carbonyl (C=O) groups is 4. The van der Waals surface area contributed by atoms with Crippen LogP contribution in [0.1, 0.15) is 24.2 Å². The minimum atomic E-state index is -0.997. The number of nitrogens with zero attached hydrogens (tertiary/aromatic N) is 2. The molecule has 0 radical (unpaired) electrons. The summed E-state index contributed by atoms with van der Waals surface area (Å²) in [6.07, 6.45) is 0. The lowest BCUT2D eigenvalue weighted by atomic mass is 10.2. The number of amides is 2. The maximum absolute atomic E-state index is 12.6. The monoisotopic (exact) mass is 594 g/mol. The molecule has 17 heteroatoms. The van der Waals surface area contributed by atoms with Crippen molar-refractivity contribution in [3.63, 3.8) is 0 Å². The molecule has 2 aromatic rings. The van der Waals surface area contributed by atoms with Crippen LogP contribution < -0.4 is 20.1 Å². The molecule has 0 saturated carbocycles. The van der Waals surface area contributed by atoms with Gasteiger partial charge in [-0.3, -0.25) is 29.3 Å². The number of carbonyl (C=O) groups excluding carboxylic acids is 4. The van der Waals surface area contributed by atoms with Crippen molar-refractivity contribution < 1.29 is 43.5 Å². The van der Waals surface area contributed by atoms with Gasteiger partial charge in [-0.2, -0.15) is 0 Å². The first-order chi connectivity index (χ1) is 18.8. The predicted octanol–water partition coefficient (Wildman–Crippen LogP) is 3.05. The van der Waals surface area contributed by atoms with Gasteiger partial charge < -0.3 is 24.9 Å². The van der Waals surface area contributed by atoms with Gasteiger partial charge in [0.25, 0.3) is 16.9 Å². The molecule has 0 aliphatic carbocycles. The average Bonchev–Trinajstić information content (AvgIpc) is 2.86. The molecule has 0 heterocycles. The molecule has 2 N–H and O–H groups in total. The van der Waals surface area contributed by atoms with Gasteiger partial charge in [0.1, 0.15) is 12.4 Å². The largest absolute Gasteiger partial charge is 0.426 e. The van der Waals surface area contributed by atoms with E-state index in [1.807, 2.05) is 0 Å². The number of anilines is 1. The minimum Gasteiger partial charge on any atom is -0.426 e. The topological polar surface area (TPSA) is 206 Å². The van der Waals surface area contributed by atoms with Crippen molar-refractivity contribution in [2.24, 2.45) is 0 Å². The third-order valence-electron chi connectivity index (χ3n) is 4.36. The lowest BCUT2D eigenvalue weighted by Gasteiger charge is -2.13. The smallest absolute Gasteiger partial charge is 0.308 e. The number of benzene rings is 2. The van der Waals surface area contributed by atoms with Crippen molar-refractivity contribution in [3.8, 4) is 11.5 Å². The first-order valence-electron chi connectivity index (χ1n) is 11.0. The zero-order valence-corrected chi connectivity index (χ0v) is 22.6. The van der Waals surface area contributed by atoms with E-state index in [4.69, 9.17) is 9.47 Å². The molecule has 0 unspecified atom stereocenters. The first kappa shape index (κ1) is 31.6. The summed E-state index contributed by atoms with van der Waals surface area (Å²) in [4.78, 5) is 73.4. The maximum Gasteiger partial charge on any atom is 0.308 e. The van der Waals surface area contributed by atoms with Crippen LogP contribution in [0.5, 0.6) is 11.5 Å². The van der Waals surface area contributed by atoms with E-state index >= 15 is 0 Å². The van der Waals surface area contributed by atoms with E-state index in [0.29, 0.717) is 9.79 Å². The van der Waals surface area contributed by atoms with Crippen molar-refractivity contribution in [2.45, 2.75) is 23.6 Å². The molecule has 0 bridgehead atoms. The van der Waals surface area contributed by atoms with Crippen LogP contribution in [-0.4, -0.2) is 53.5 Å². The number of hydrogen-bond acceptors (Lipinski definition) is 13. The van der Waals surface area contributed by atoms with Gasteiger partial charge >= 0.3 is 11.9 Å². The lowest BCUT2D eigenvalue weighted by molar-refractivity contribution is -0.757. The highest BCUT2D eigenvalue weighted by molar-refractivity contribution is 8.76. The van der Waals surface area contributed by atoms with Crippen molar-refractivity contribution in [2.75, 3.05) is 25.0 Å². The van der Waals surface area contributed by atoms with Gasteiger partial charge in [-0.05, 0) is 36.4 Å². The Morgan fingerprint density at radius 2 is 1.50 bits per heavy atom. The van der Waals surface area contributed by atoms with E-state index in [2.05, 4.69) is 22.1 Å². The fraction of sp³-hybridized carbons (Fsp3) is 0.217. The minimum absolute atomic E-state index is 0.00912. The average molecular weight is 595 g/mol. The summed E-state index contributed by atoms with van der Waals surface area (Å²) in [5.74, 6) is -2.83. The van der Waals surface area contributed by atoms with Crippen LogP contribution in [0, 0.1) is 20.2 Å². The number of nitro groups is 1. The maximum atomic E-state index is 12.6. The van der Waals surface area contributed by atoms with E-state index in [1.54, 1.807) is 12.1 Å². The van der Waals surface area contributed by atoms with E-state index in [1.165, 1.54) is 52.8 Å². The molecular weight excluding hydrogens is 572 g/mol. The van der Waals surface area contributed by atoms with Gasteiger partial charge in [-0.25, -0.2) is 0 Å². The molecule has 0 atom stereocenters. The number of nitrogens with one attached hydrogen (secondary N) is 2. The highest BCUT2D eigenvalue weighted by Crippen LogP contribution is 2.41. The zero-order valence-electron chi connectivity index (χ0n) is 21.0. The summed E-state index contributed by atoms with van der Waals surface area (Å²) in [6, 6.07) is 8.92. The van der Waals surface area contributed by atoms with E-state index < -0.39 is 40.3 Å². The molecule has 15 nitrogen and oxygen atoms in total. The van der Waals surface area contributed by atoms with Crippen LogP contribution >= 0.6 is 21.6 Å². The molecule has 0 aliphatic rings. The van der Waals surface area contributed by atoms with Crippen LogP contribution in [0.3, 0.4) is 0 Å². The summed E-state index contributed by atoms with van der Waals surface area (Å²) in [7, 11) is 2.37. The molecule has 0 fully saturated rings. The van der Waals surface area contributed by atoms with Crippen LogP contribution in [0.2, 0.25) is 0 Å². The van der Waals surface area contributed by atoms with Crippen LogP contribution in [0.4, 0.5) is 5.69 Å². The Morgan fingerprint density at radius 3 is 2.08 bits per heavy atom. The molecule has 0 aliphatic heterocycles. The van der Waals surface area contributed by atoms with Crippen molar-refractivity contribution in [1.82, 2.24) is 5.32 Å². The summed E-state index contributed by atoms with van der Waals surface area (Å²) < 4.78 is 10.2. The second kappa shape index (κ2) is 15.1. The van der Waals surface area contributed by atoms with Gasteiger partial charge in [0.05, 0.1) is 16.8 Å². The quantitative estimate of drug-likeness (QED) is 0.0614. The van der Waals surface area contributed by atoms with Crippen LogP contribution in [0.25, 0.3) is 0 Å². The Hall–Kier alpha value is -4.64. The van der Waals surface area contributed by atoms with Crippen molar-refractivity contribution in [1.29, 1.82) is 0 Å². The summed E-state index contributed by atoms with van der Waals surface area (Å²) in [6.45, 7) is 4.38. The van der Waals surface area contributed by atoms with E-state index in [9.17, 15) is 39.4 Å². The third-order valence-corrected chi connectivity index (χ3v) is 6.74. The Bertz CT molecular complexity index is 1350. The van der Waals surface area contributed by atoms with Gasteiger partial charge in [0.2, 0.25) is 6.54 Å². The van der Waals surface area contributed by atoms with Crippen molar-refractivity contribution >= 4 is 51.0 Å². The summed E-state index contributed by atoms with van der Waals surface area (Å²) >= 11 is 0. The second-order valence-corrected chi connectivity index (χ2v) is 9.81. The molecular formula is C23H22N4O11S2. The molecule has 2 amide bonds. The Balaban J connectivity index is 2.23. The first-order valence-corrected chi connectivity index (χ1v) is 13.2. The Morgan fingerprint density at radius 1 is 0.925 bits per heavy atom. The number of rotatable bonds is 14. The Labute approximate surface area is 234 Å². The normalized spacial score (nSPS) is 10.2. The van der Waals surface area contributed by atoms with Gasteiger partial charge in [-0.15, -0.1) is 10.1 Å². The molecule has 0 spiro atoms. The predicted molar refractivity (Wildman–Crippen MR) is 142 cm³/mol. The standard InChI is InChI=1S/C23H22N4O11S2/c1-13(12-26(32)33)22(30)25-19-11-17(5-7-21(19)38-15(3)29)40-39-16-4-6-20(37-14(2)28)18(10-16)23(31)24-8-9-36-27(34)35/h4-7,10-11H,1,8-9,12H2,2-3H3,(H,24,31)(H,25,30). The lowest BCUT2D eigenvalue weighted by Crippen LogP contribution is -2.28. The molecule has 0 aromatic heterocycles. The summed E-state index contributed by atoms with van der Waals surface area (Å²) in [5, 5.41) is 24.8. The van der Waals surface area contributed by atoms with E-state index in [-0.39, 0.29) is 41.5 Å². The highest BCUT2D eigenvalue weighted by atomic mass is 33.1. The summed E-state index contributed by atoms with van der Waals surface area (Å²) in [5.41, 5.74) is -0.253. The van der Waals surface area contributed by atoms with Gasteiger partial charge in [0, 0.05) is 35.1 Å². The van der Waals surface area contributed by atoms with Crippen LogP contribution in [-0.2, 0) is 19.2 Å². The van der Waals surface area contributed by atoms with Gasteiger partial charge in [-0.1, -0.05) is 28.2 Å². The van der Waals surface area contributed by atoms with Crippen molar-refractivity contribution in [3.05, 3.63) is 74.3 Å². The second-order valence-electron chi connectivity index (χ2n) is 7.53. The molecule has 212 valence electrons. The molecule has 2 rings (SSSR count). The number of ether oxygens (including phenoxy) is 2. The molecule has 40 heavy (non-hydrogen) atoms. The van der Waals surface area contributed by atoms with E-state index in [0.717, 1.165) is 6.92 Å². The van der Waals surface area contributed by atoms with Crippen LogP contribution in [0.15, 0.2) is 58.3 Å². The molecule has 0 saturated heterocycles. The fourth-order valence-electron chi connectivity index (χ4n) is 2.80. The fourth-order valence-corrected chi connectivity index (χ4v) is 4.77. The number of hydrogen-bond donors (Lipinski definition) is 2. The third kappa shape index (κ3) is 10.6. The highest BCUT2D eigenvalue weighted by Gasteiger charge is 2.18. The molecule has 2 aromatic carbocycles. The zero-order chi connectivity index (χ0) is 29.8. The Kier molecular flexibility index (Phi) is 11.9. The number of esters is 2. The van der Waals surface area contributed by atoms with Gasteiger partial charge in [0.15, 0.2) is 5.75 Å².